The van der Waals surface area contributed by atoms with Gasteiger partial charge in [-0.3, -0.25) is 4.21 Å². The number of carbonyl (C=O) groups excluding carboxylic acids is 1. The summed E-state index contributed by atoms with van der Waals surface area (Å²) in [5.41, 5.74) is 1.01. The molecule has 1 aliphatic rings. The summed E-state index contributed by atoms with van der Waals surface area (Å²) in [7, 11) is -1.25. The van der Waals surface area contributed by atoms with Crippen molar-refractivity contribution in [3.63, 3.8) is 0 Å². The van der Waals surface area contributed by atoms with E-state index in [1.807, 2.05) is 20.8 Å². The molecule has 1 unspecified atom stereocenters. The van der Waals surface area contributed by atoms with Gasteiger partial charge in [0.05, 0.1) is 11.8 Å². The number of carbonyl (C=O) groups is 1. The van der Waals surface area contributed by atoms with Crippen molar-refractivity contribution in [1.82, 2.24) is 9.88 Å². The molecule has 9 heteroatoms. The first-order valence-electron chi connectivity index (χ1n) is 10.2. The molecule has 7 nitrogen and oxygen atoms in total. The van der Waals surface area contributed by atoms with Gasteiger partial charge in [-0.2, -0.15) is 0 Å². The van der Waals surface area contributed by atoms with Gasteiger partial charge in [-0.25, -0.2) is 14.2 Å². The molecule has 0 radical (unpaired) electrons. The third kappa shape index (κ3) is 5.94. The van der Waals surface area contributed by atoms with Crippen molar-refractivity contribution in [2.75, 3.05) is 24.7 Å². The second-order valence-corrected chi connectivity index (χ2v) is 9.12. The van der Waals surface area contributed by atoms with Crippen LogP contribution in [0.4, 0.5) is 20.7 Å². The van der Waals surface area contributed by atoms with Gasteiger partial charge in [0.1, 0.15) is 23.5 Å². The largest absolute Gasteiger partial charge is 0.490 e. The van der Waals surface area contributed by atoms with Crippen molar-refractivity contribution in [2.24, 2.45) is 0 Å². The maximum absolute atomic E-state index is 14.4. The Labute approximate surface area is 184 Å². The molecule has 1 atom stereocenters. The standard InChI is InChI=1S/C22H28FN3O4S/c1-14(2)29-22(27)26-11-8-16(9-12-26)30-20-7-10-24-21(15(20)3)25-19-6-5-17(31(4)28)13-18(19)23/h5-7,10,13-14,16H,8-9,11-12H2,1-4H3,(H,24,25). The third-order valence-corrected chi connectivity index (χ3v) is 5.93. The van der Waals surface area contributed by atoms with Gasteiger partial charge in [0.2, 0.25) is 0 Å². The SMILES string of the molecule is Cc1c(OC2CCN(C(=O)OC(C)C)CC2)ccnc1Nc1ccc(S(C)=O)cc1F. The molecule has 1 fully saturated rings. The Bertz CT molecular complexity index is 962. The van der Waals surface area contributed by atoms with Gasteiger partial charge >= 0.3 is 6.09 Å². The molecule has 0 saturated carbocycles. The molecular weight excluding hydrogens is 421 g/mol. The van der Waals surface area contributed by atoms with Crippen LogP contribution in [0.25, 0.3) is 0 Å². The molecule has 1 N–H and O–H groups in total. The lowest BCUT2D eigenvalue weighted by Crippen LogP contribution is -2.42. The number of aromatic nitrogens is 1. The second kappa shape index (κ2) is 10.1. The van der Waals surface area contributed by atoms with E-state index in [-0.39, 0.29) is 24.0 Å². The number of halogens is 1. The van der Waals surface area contributed by atoms with Crippen LogP contribution in [-0.2, 0) is 15.5 Å². The van der Waals surface area contributed by atoms with Crippen molar-refractivity contribution in [3.8, 4) is 5.75 Å². The lowest BCUT2D eigenvalue weighted by Gasteiger charge is -2.32. The first kappa shape index (κ1) is 23.0. The van der Waals surface area contributed by atoms with E-state index in [4.69, 9.17) is 9.47 Å². The Morgan fingerprint density at radius 2 is 2.00 bits per heavy atom. The Kier molecular flexibility index (Phi) is 7.48. The van der Waals surface area contributed by atoms with Crippen LogP contribution in [0.5, 0.6) is 5.75 Å². The summed E-state index contributed by atoms with van der Waals surface area (Å²) < 4.78 is 37.3. The average molecular weight is 450 g/mol. The van der Waals surface area contributed by atoms with Crippen molar-refractivity contribution in [2.45, 2.75) is 50.7 Å². The second-order valence-electron chi connectivity index (χ2n) is 7.74. The van der Waals surface area contributed by atoms with Crippen LogP contribution in [0, 0.1) is 12.7 Å². The van der Waals surface area contributed by atoms with Crippen LogP contribution in [0.2, 0.25) is 0 Å². The molecule has 0 bridgehead atoms. The number of likely N-dealkylation sites (tertiary alicyclic amines) is 1. The Morgan fingerprint density at radius 1 is 1.29 bits per heavy atom. The number of anilines is 2. The fourth-order valence-electron chi connectivity index (χ4n) is 3.29. The first-order chi connectivity index (χ1) is 14.7. The summed E-state index contributed by atoms with van der Waals surface area (Å²) in [6.07, 6.45) is 4.04. The predicted molar refractivity (Wildman–Crippen MR) is 118 cm³/mol. The van der Waals surface area contributed by atoms with Crippen LogP contribution < -0.4 is 10.1 Å². The van der Waals surface area contributed by atoms with E-state index in [9.17, 15) is 13.4 Å². The zero-order valence-electron chi connectivity index (χ0n) is 18.2. The van der Waals surface area contributed by atoms with E-state index in [2.05, 4.69) is 10.3 Å². The van der Waals surface area contributed by atoms with Gasteiger partial charge in [0.15, 0.2) is 0 Å². The van der Waals surface area contributed by atoms with Gasteiger partial charge < -0.3 is 19.7 Å². The summed E-state index contributed by atoms with van der Waals surface area (Å²) in [6, 6.07) is 6.20. The highest BCUT2D eigenvalue weighted by molar-refractivity contribution is 7.84. The van der Waals surface area contributed by atoms with Gasteiger partial charge in [0.25, 0.3) is 0 Å². The Morgan fingerprint density at radius 3 is 2.61 bits per heavy atom. The van der Waals surface area contributed by atoms with E-state index in [0.717, 1.165) is 5.56 Å². The number of nitrogens with one attached hydrogen (secondary N) is 1. The van der Waals surface area contributed by atoms with Crippen LogP contribution >= 0.6 is 0 Å². The molecule has 1 amide bonds. The average Bonchev–Trinajstić information content (AvgIpc) is 2.72. The van der Waals surface area contributed by atoms with Crippen molar-refractivity contribution < 1.29 is 22.9 Å². The summed E-state index contributed by atoms with van der Waals surface area (Å²) in [5, 5.41) is 2.99. The maximum Gasteiger partial charge on any atom is 0.410 e. The molecule has 2 heterocycles. The van der Waals surface area contributed by atoms with E-state index in [1.54, 1.807) is 29.3 Å². The number of ether oxygens (including phenoxy) is 2. The molecule has 1 aliphatic heterocycles. The molecule has 1 aromatic heterocycles. The first-order valence-corrected chi connectivity index (χ1v) is 11.8. The zero-order valence-corrected chi connectivity index (χ0v) is 19.0. The van der Waals surface area contributed by atoms with E-state index < -0.39 is 16.6 Å². The third-order valence-electron chi connectivity index (χ3n) is 5.01. The summed E-state index contributed by atoms with van der Waals surface area (Å²) in [6.45, 7) is 6.66. The number of rotatable bonds is 6. The zero-order chi connectivity index (χ0) is 22.5. The molecule has 3 rings (SSSR count). The van der Waals surface area contributed by atoms with Crippen LogP contribution in [0.15, 0.2) is 35.4 Å². The fraction of sp³-hybridized carbons (Fsp3) is 0.455. The highest BCUT2D eigenvalue weighted by Crippen LogP contribution is 2.29. The minimum Gasteiger partial charge on any atom is -0.490 e. The van der Waals surface area contributed by atoms with Gasteiger partial charge in [-0.1, -0.05) is 0 Å². The van der Waals surface area contributed by atoms with Gasteiger partial charge in [0, 0.05) is 59.6 Å². The summed E-state index contributed by atoms with van der Waals surface area (Å²) in [5.74, 6) is 0.646. The van der Waals surface area contributed by atoms with Crippen molar-refractivity contribution >= 4 is 28.4 Å². The molecule has 168 valence electrons. The minimum atomic E-state index is -1.25. The van der Waals surface area contributed by atoms with Crippen LogP contribution in [0.3, 0.4) is 0 Å². The number of hydrogen-bond acceptors (Lipinski definition) is 6. The van der Waals surface area contributed by atoms with E-state index in [0.29, 0.717) is 42.4 Å². The summed E-state index contributed by atoms with van der Waals surface area (Å²) >= 11 is 0. The lowest BCUT2D eigenvalue weighted by atomic mass is 10.1. The van der Waals surface area contributed by atoms with E-state index >= 15 is 0 Å². The number of nitrogens with zero attached hydrogens (tertiary/aromatic N) is 2. The molecule has 1 aromatic carbocycles. The number of hydrogen-bond donors (Lipinski definition) is 1. The van der Waals surface area contributed by atoms with Crippen molar-refractivity contribution in [1.29, 1.82) is 0 Å². The number of piperidine rings is 1. The quantitative estimate of drug-likeness (QED) is 0.704. The highest BCUT2D eigenvalue weighted by Gasteiger charge is 2.26. The highest BCUT2D eigenvalue weighted by atomic mass is 32.2. The molecule has 1 saturated heterocycles. The lowest BCUT2D eigenvalue weighted by molar-refractivity contribution is 0.0515. The Hall–Kier alpha value is -2.68. The van der Waals surface area contributed by atoms with Crippen LogP contribution in [-0.4, -0.2) is 51.7 Å². The molecule has 0 spiro atoms. The van der Waals surface area contributed by atoms with E-state index in [1.165, 1.54) is 12.3 Å². The summed E-state index contributed by atoms with van der Waals surface area (Å²) in [4.78, 5) is 18.5. The topological polar surface area (TPSA) is 80.8 Å². The number of benzene rings is 1. The smallest absolute Gasteiger partial charge is 0.410 e. The number of amides is 1. The number of pyridine rings is 1. The predicted octanol–water partition coefficient (Wildman–Crippen LogP) is 4.40. The Balaban J connectivity index is 1.64. The van der Waals surface area contributed by atoms with Crippen LogP contribution in [0.1, 0.15) is 32.3 Å². The minimum absolute atomic E-state index is 0.0346. The molecule has 31 heavy (non-hydrogen) atoms. The van der Waals surface area contributed by atoms with Gasteiger partial charge in [-0.15, -0.1) is 0 Å². The molecule has 0 aliphatic carbocycles. The maximum atomic E-state index is 14.4. The van der Waals surface area contributed by atoms with Gasteiger partial charge in [-0.05, 0) is 45.0 Å². The monoisotopic (exact) mass is 449 g/mol. The van der Waals surface area contributed by atoms with Crippen molar-refractivity contribution in [3.05, 3.63) is 41.8 Å². The normalized spacial score (nSPS) is 15.6. The molecular formula is C22H28FN3O4S. The molecule has 2 aromatic rings. The fourth-order valence-corrected chi connectivity index (χ4v) is 3.82.